The summed E-state index contributed by atoms with van der Waals surface area (Å²) < 4.78 is 0. The van der Waals surface area contributed by atoms with E-state index in [0.717, 1.165) is 11.8 Å². The van der Waals surface area contributed by atoms with Gasteiger partial charge in [0.05, 0.1) is 25.6 Å². The highest BCUT2D eigenvalue weighted by atomic mass is 35.5. The Morgan fingerprint density at radius 1 is 1.16 bits per heavy atom. The molecule has 1 aliphatic rings. The Morgan fingerprint density at radius 2 is 1.88 bits per heavy atom. The molecule has 0 radical (unpaired) electrons. The van der Waals surface area contributed by atoms with Gasteiger partial charge >= 0.3 is 0 Å². The van der Waals surface area contributed by atoms with E-state index >= 15 is 0 Å². The van der Waals surface area contributed by atoms with Crippen molar-refractivity contribution in [1.29, 1.82) is 0 Å². The first-order valence-electron chi connectivity index (χ1n) is 6.92. The number of nitrogens with one attached hydrogen (secondary N) is 1. The maximum absolute atomic E-state index is 12.1. The molecule has 0 spiro atoms. The fourth-order valence-electron chi connectivity index (χ4n) is 2.01. The minimum atomic E-state index is -0.479. The number of carbonyl (C=O) groups is 1. The Morgan fingerprint density at radius 3 is 2.56 bits per heavy atom. The van der Waals surface area contributed by atoms with E-state index in [1.54, 1.807) is 36.4 Å². The molecule has 0 atom stereocenters. The number of carbonyl (C=O) groups excluding carboxylic acids is 1. The summed E-state index contributed by atoms with van der Waals surface area (Å²) in [6, 6.07) is 10.9. The lowest BCUT2D eigenvalue weighted by molar-refractivity contribution is -0.384. The van der Waals surface area contributed by atoms with E-state index in [-0.39, 0.29) is 11.6 Å². The molecule has 9 heteroatoms. The van der Waals surface area contributed by atoms with Crippen molar-refractivity contribution < 1.29 is 9.72 Å². The number of nitro benzene ring substituents is 1. The summed E-state index contributed by atoms with van der Waals surface area (Å²) in [6.07, 6.45) is 1.63. The Balaban J connectivity index is 1.83. The Hall–Kier alpha value is -2.35. The summed E-state index contributed by atoms with van der Waals surface area (Å²) in [4.78, 5) is 27.0. The van der Waals surface area contributed by atoms with Crippen LogP contribution in [0.25, 0.3) is 6.08 Å². The number of thioether (sulfide) groups is 1. The quantitative estimate of drug-likeness (QED) is 0.461. The van der Waals surface area contributed by atoms with Crippen molar-refractivity contribution in [2.75, 3.05) is 0 Å². The number of halogens is 2. The first kappa shape index (κ1) is 17.5. The molecule has 0 aromatic heterocycles. The largest absolute Gasteiger partial charge is 0.300 e. The van der Waals surface area contributed by atoms with Crippen LogP contribution in [0.15, 0.2) is 52.4 Å². The summed E-state index contributed by atoms with van der Waals surface area (Å²) in [7, 11) is 0. The number of benzene rings is 2. The van der Waals surface area contributed by atoms with Gasteiger partial charge in [0.25, 0.3) is 11.6 Å². The van der Waals surface area contributed by atoms with Gasteiger partial charge in [-0.1, -0.05) is 29.3 Å². The van der Waals surface area contributed by atoms with E-state index in [2.05, 4.69) is 10.3 Å². The van der Waals surface area contributed by atoms with Crippen LogP contribution in [0.4, 0.5) is 11.4 Å². The number of non-ortho nitro benzene ring substituents is 1. The number of nitrogens with zero attached hydrogens (tertiary/aromatic N) is 2. The molecule has 0 bridgehead atoms. The second kappa shape index (κ2) is 7.26. The molecule has 3 rings (SSSR count). The maximum Gasteiger partial charge on any atom is 0.269 e. The van der Waals surface area contributed by atoms with E-state index in [1.165, 1.54) is 12.1 Å². The summed E-state index contributed by atoms with van der Waals surface area (Å²) >= 11 is 13.2. The van der Waals surface area contributed by atoms with Gasteiger partial charge in [0.2, 0.25) is 0 Å². The van der Waals surface area contributed by atoms with Gasteiger partial charge in [-0.05, 0) is 47.7 Å². The molecule has 126 valence electrons. The topological polar surface area (TPSA) is 84.6 Å². The molecule has 0 saturated carbocycles. The number of nitro groups is 1. The van der Waals surface area contributed by atoms with E-state index in [4.69, 9.17) is 23.2 Å². The molecule has 1 saturated heterocycles. The molecule has 25 heavy (non-hydrogen) atoms. The molecule has 1 heterocycles. The highest BCUT2D eigenvalue weighted by Gasteiger charge is 2.24. The van der Waals surface area contributed by atoms with Crippen molar-refractivity contribution in [2.45, 2.75) is 0 Å². The van der Waals surface area contributed by atoms with E-state index in [1.807, 2.05) is 0 Å². The molecule has 1 amide bonds. The second-order valence-corrected chi connectivity index (χ2v) is 6.72. The van der Waals surface area contributed by atoms with Crippen molar-refractivity contribution in [3.05, 3.63) is 73.1 Å². The molecule has 0 aliphatic carbocycles. The molecular formula is C16H9Cl2N3O3S. The lowest BCUT2D eigenvalue weighted by Gasteiger charge is -2.00. The van der Waals surface area contributed by atoms with E-state index in [9.17, 15) is 14.9 Å². The average Bonchev–Trinajstić information content (AvgIpc) is 2.92. The average molecular weight is 394 g/mol. The van der Waals surface area contributed by atoms with E-state index in [0.29, 0.717) is 31.4 Å². The van der Waals surface area contributed by atoms with E-state index < -0.39 is 4.92 Å². The zero-order chi connectivity index (χ0) is 18.0. The van der Waals surface area contributed by atoms with Gasteiger partial charge < -0.3 is 5.32 Å². The Labute approximate surface area is 156 Å². The van der Waals surface area contributed by atoms with Crippen molar-refractivity contribution in [2.24, 2.45) is 4.99 Å². The van der Waals surface area contributed by atoms with Crippen LogP contribution in [0.5, 0.6) is 0 Å². The van der Waals surface area contributed by atoms with Gasteiger partial charge in [0.15, 0.2) is 5.17 Å². The fraction of sp³-hybridized carbons (Fsp3) is 0. The molecule has 6 nitrogen and oxygen atoms in total. The summed E-state index contributed by atoms with van der Waals surface area (Å²) in [5, 5.41) is 14.4. The monoisotopic (exact) mass is 393 g/mol. The minimum Gasteiger partial charge on any atom is -0.300 e. The summed E-state index contributed by atoms with van der Waals surface area (Å²) in [6.45, 7) is 0. The van der Waals surface area contributed by atoms with Gasteiger partial charge in [0.1, 0.15) is 0 Å². The maximum atomic E-state index is 12.1. The van der Waals surface area contributed by atoms with Gasteiger partial charge in [0, 0.05) is 12.1 Å². The molecular weight excluding hydrogens is 385 g/mol. The molecule has 1 N–H and O–H groups in total. The third-order valence-electron chi connectivity index (χ3n) is 3.21. The first-order valence-corrected chi connectivity index (χ1v) is 8.49. The zero-order valence-electron chi connectivity index (χ0n) is 12.4. The smallest absolute Gasteiger partial charge is 0.269 e. The standard InChI is InChI=1S/C16H9Cl2N3O3S/c17-11-2-1-3-12(14(11)18)19-16-20-15(22)13(25-16)8-9-4-6-10(7-5-9)21(23)24/h1-8H,(H,19,20,22)/b13-8-. The Kier molecular flexibility index (Phi) is 5.08. The van der Waals surface area contributed by atoms with Gasteiger partial charge in [-0.25, -0.2) is 4.99 Å². The predicted molar refractivity (Wildman–Crippen MR) is 100 cm³/mol. The number of amidine groups is 1. The normalized spacial score (nSPS) is 17.1. The molecule has 1 aliphatic heterocycles. The number of amides is 1. The molecule has 0 unspecified atom stereocenters. The lowest BCUT2D eigenvalue weighted by Crippen LogP contribution is -2.19. The van der Waals surface area contributed by atoms with Gasteiger partial charge in [-0.15, -0.1) is 0 Å². The van der Waals surface area contributed by atoms with Crippen LogP contribution in [-0.2, 0) is 4.79 Å². The molecule has 2 aromatic carbocycles. The predicted octanol–water partition coefficient (Wildman–Crippen LogP) is 4.79. The highest BCUT2D eigenvalue weighted by Crippen LogP contribution is 2.34. The number of hydrogen-bond donors (Lipinski definition) is 1. The SMILES string of the molecule is O=C1NC(=Nc2cccc(Cl)c2Cl)S/C1=C\c1ccc([N+](=O)[O-])cc1. The first-order chi connectivity index (χ1) is 11.9. The third-order valence-corrected chi connectivity index (χ3v) is 4.92. The number of rotatable bonds is 3. The van der Waals surface area contributed by atoms with Gasteiger partial charge in [-0.3, -0.25) is 14.9 Å². The second-order valence-electron chi connectivity index (χ2n) is 4.90. The van der Waals surface area contributed by atoms with Gasteiger partial charge in [-0.2, -0.15) is 0 Å². The van der Waals surface area contributed by atoms with Crippen LogP contribution in [-0.4, -0.2) is 16.0 Å². The van der Waals surface area contributed by atoms with Crippen LogP contribution < -0.4 is 5.32 Å². The van der Waals surface area contributed by atoms with Crippen LogP contribution >= 0.6 is 35.0 Å². The van der Waals surface area contributed by atoms with Crippen LogP contribution in [0, 0.1) is 10.1 Å². The number of aliphatic imine (C=N–C) groups is 1. The van der Waals surface area contributed by atoms with Crippen LogP contribution in [0.3, 0.4) is 0 Å². The molecule has 2 aromatic rings. The fourth-order valence-corrected chi connectivity index (χ4v) is 3.18. The van der Waals surface area contributed by atoms with Crippen molar-refractivity contribution >= 4 is 63.5 Å². The zero-order valence-corrected chi connectivity index (χ0v) is 14.7. The van der Waals surface area contributed by atoms with Crippen molar-refractivity contribution in [3.8, 4) is 0 Å². The van der Waals surface area contributed by atoms with Crippen molar-refractivity contribution in [3.63, 3.8) is 0 Å². The molecule has 1 fully saturated rings. The summed E-state index contributed by atoms with van der Waals surface area (Å²) in [5.41, 5.74) is 1.11. The highest BCUT2D eigenvalue weighted by molar-refractivity contribution is 8.18. The lowest BCUT2D eigenvalue weighted by atomic mass is 10.2. The summed E-state index contributed by atoms with van der Waals surface area (Å²) in [5.74, 6) is -0.305. The minimum absolute atomic E-state index is 0.0106. The van der Waals surface area contributed by atoms with Crippen LogP contribution in [0.2, 0.25) is 10.0 Å². The Bertz CT molecular complexity index is 927. The van der Waals surface area contributed by atoms with Crippen LogP contribution in [0.1, 0.15) is 5.56 Å². The third kappa shape index (κ3) is 4.01. The number of hydrogen-bond acceptors (Lipinski definition) is 5. The van der Waals surface area contributed by atoms with Crippen molar-refractivity contribution in [1.82, 2.24) is 5.32 Å².